The molecule has 0 spiro atoms. The zero-order chi connectivity index (χ0) is 11.0. The molecular formula is C12H14N2O. The van der Waals surface area contributed by atoms with E-state index >= 15 is 0 Å². The van der Waals surface area contributed by atoms with E-state index in [0.717, 1.165) is 16.6 Å². The molecule has 0 aliphatic heterocycles. The summed E-state index contributed by atoms with van der Waals surface area (Å²) in [6, 6.07) is 9.59. The normalized spacial score (nSPS) is 10.6. The Kier molecular flexibility index (Phi) is 2.23. The molecule has 0 saturated heterocycles. The fraction of sp³-hybridized carbons (Fsp3) is 0.250. The summed E-state index contributed by atoms with van der Waals surface area (Å²) < 4.78 is 1.67. The average Bonchev–Trinajstić information content (AvgIpc) is 2.23. The van der Waals surface area contributed by atoms with Gasteiger partial charge in [0.15, 0.2) is 0 Å². The molecule has 0 aliphatic carbocycles. The Morgan fingerprint density at radius 3 is 2.53 bits per heavy atom. The number of pyridine rings is 1. The molecule has 3 heteroatoms. The van der Waals surface area contributed by atoms with Crippen molar-refractivity contribution in [3.05, 3.63) is 40.7 Å². The van der Waals surface area contributed by atoms with Gasteiger partial charge in [0.2, 0.25) is 0 Å². The third-order valence-electron chi connectivity index (χ3n) is 2.61. The predicted molar refractivity (Wildman–Crippen MR) is 63.5 cm³/mol. The lowest BCUT2D eigenvalue weighted by atomic mass is 10.1. The summed E-state index contributed by atoms with van der Waals surface area (Å²) >= 11 is 0. The van der Waals surface area contributed by atoms with E-state index < -0.39 is 0 Å². The van der Waals surface area contributed by atoms with Gasteiger partial charge in [-0.05, 0) is 6.07 Å². The molecule has 2 rings (SSSR count). The number of anilines is 1. The molecule has 3 nitrogen and oxygen atoms in total. The van der Waals surface area contributed by atoms with Gasteiger partial charge in [-0.2, -0.15) is 0 Å². The lowest BCUT2D eigenvalue weighted by Gasteiger charge is -2.16. The van der Waals surface area contributed by atoms with Crippen LogP contribution in [-0.4, -0.2) is 18.7 Å². The Morgan fingerprint density at radius 2 is 1.87 bits per heavy atom. The summed E-state index contributed by atoms with van der Waals surface area (Å²) in [7, 11) is 5.69. The van der Waals surface area contributed by atoms with E-state index in [1.54, 1.807) is 17.7 Å². The third kappa shape index (κ3) is 1.50. The maximum Gasteiger partial charge on any atom is 0.252 e. The van der Waals surface area contributed by atoms with Crippen molar-refractivity contribution in [3.63, 3.8) is 0 Å². The summed E-state index contributed by atoms with van der Waals surface area (Å²) in [6.07, 6.45) is 0. The van der Waals surface area contributed by atoms with Crippen molar-refractivity contribution in [1.82, 2.24) is 4.57 Å². The Morgan fingerprint density at radius 1 is 1.20 bits per heavy atom. The lowest BCUT2D eigenvalue weighted by Crippen LogP contribution is -2.20. The molecule has 0 bridgehead atoms. The minimum absolute atomic E-state index is 0.0254. The van der Waals surface area contributed by atoms with Crippen LogP contribution in [0.3, 0.4) is 0 Å². The van der Waals surface area contributed by atoms with Crippen molar-refractivity contribution in [2.24, 2.45) is 7.05 Å². The van der Waals surface area contributed by atoms with Gasteiger partial charge in [0.1, 0.15) is 0 Å². The first kappa shape index (κ1) is 9.77. The predicted octanol–water partition coefficient (Wildman–Crippen LogP) is 1.60. The number of rotatable bonds is 1. The minimum atomic E-state index is 0.0254. The largest absolute Gasteiger partial charge is 0.377 e. The van der Waals surface area contributed by atoms with Crippen LogP contribution >= 0.6 is 0 Å². The molecule has 0 unspecified atom stereocenters. The smallest absolute Gasteiger partial charge is 0.252 e. The summed E-state index contributed by atoms with van der Waals surface area (Å²) in [5.74, 6) is 0. The van der Waals surface area contributed by atoms with Crippen LogP contribution in [0.5, 0.6) is 0 Å². The van der Waals surface area contributed by atoms with Crippen LogP contribution in [0.15, 0.2) is 35.1 Å². The van der Waals surface area contributed by atoms with Gasteiger partial charge in [-0.3, -0.25) is 4.79 Å². The van der Waals surface area contributed by atoms with E-state index in [2.05, 4.69) is 0 Å². The van der Waals surface area contributed by atoms with Crippen LogP contribution in [0, 0.1) is 0 Å². The Bertz CT molecular complexity index is 555. The number of hydrogen-bond donors (Lipinski definition) is 0. The van der Waals surface area contributed by atoms with Crippen molar-refractivity contribution in [3.8, 4) is 0 Å². The topological polar surface area (TPSA) is 25.2 Å². The first-order valence-electron chi connectivity index (χ1n) is 4.87. The van der Waals surface area contributed by atoms with Gasteiger partial charge in [0, 0.05) is 32.6 Å². The van der Waals surface area contributed by atoms with Gasteiger partial charge >= 0.3 is 0 Å². The van der Waals surface area contributed by atoms with Crippen molar-refractivity contribution < 1.29 is 0 Å². The van der Waals surface area contributed by atoms with Gasteiger partial charge in [-0.1, -0.05) is 18.2 Å². The van der Waals surface area contributed by atoms with E-state index in [-0.39, 0.29) is 5.56 Å². The number of para-hydroxylation sites is 1. The first-order valence-corrected chi connectivity index (χ1v) is 4.87. The highest BCUT2D eigenvalue weighted by atomic mass is 16.1. The van der Waals surface area contributed by atoms with E-state index in [9.17, 15) is 4.79 Å². The van der Waals surface area contributed by atoms with Gasteiger partial charge < -0.3 is 9.47 Å². The van der Waals surface area contributed by atoms with Crippen LogP contribution in [-0.2, 0) is 7.05 Å². The van der Waals surface area contributed by atoms with E-state index in [0.29, 0.717) is 0 Å². The van der Waals surface area contributed by atoms with Gasteiger partial charge in [-0.15, -0.1) is 0 Å². The standard InChI is InChI=1S/C12H14N2O/c1-13(2)11-8-12(15)14(3)10-7-5-4-6-9(10)11/h4-8H,1-3H3. The summed E-state index contributed by atoms with van der Waals surface area (Å²) in [6.45, 7) is 0. The van der Waals surface area contributed by atoms with E-state index in [1.165, 1.54) is 0 Å². The van der Waals surface area contributed by atoms with Crippen molar-refractivity contribution in [2.75, 3.05) is 19.0 Å². The second kappa shape index (κ2) is 3.42. The number of fused-ring (bicyclic) bond motifs is 1. The molecule has 0 saturated carbocycles. The molecular weight excluding hydrogens is 188 g/mol. The number of nitrogens with zero attached hydrogens (tertiary/aromatic N) is 2. The Hall–Kier alpha value is -1.77. The molecule has 1 aromatic carbocycles. The van der Waals surface area contributed by atoms with Crippen molar-refractivity contribution >= 4 is 16.6 Å². The fourth-order valence-electron chi connectivity index (χ4n) is 1.76. The van der Waals surface area contributed by atoms with Gasteiger partial charge in [0.25, 0.3) is 5.56 Å². The SMILES string of the molecule is CN(C)c1cc(=O)n(C)c2ccccc12. The molecule has 0 radical (unpaired) electrons. The molecule has 2 aromatic rings. The molecule has 1 aromatic heterocycles. The van der Waals surface area contributed by atoms with E-state index in [4.69, 9.17) is 0 Å². The third-order valence-corrected chi connectivity index (χ3v) is 2.61. The quantitative estimate of drug-likeness (QED) is 0.702. The number of benzene rings is 1. The zero-order valence-corrected chi connectivity index (χ0v) is 9.19. The second-order valence-corrected chi connectivity index (χ2v) is 3.84. The summed E-state index contributed by atoms with van der Waals surface area (Å²) in [5, 5.41) is 1.10. The monoisotopic (exact) mass is 202 g/mol. The average molecular weight is 202 g/mol. The highest BCUT2D eigenvalue weighted by molar-refractivity contribution is 5.91. The summed E-state index contributed by atoms with van der Waals surface area (Å²) in [4.78, 5) is 13.7. The molecule has 0 N–H and O–H groups in total. The molecule has 0 atom stereocenters. The molecule has 1 heterocycles. The van der Waals surface area contributed by atoms with Crippen LogP contribution in [0.25, 0.3) is 10.9 Å². The van der Waals surface area contributed by atoms with Gasteiger partial charge in [0.05, 0.1) is 11.2 Å². The molecule has 0 amide bonds. The first-order chi connectivity index (χ1) is 7.11. The fourth-order valence-corrected chi connectivity index (χ4v) is 1.76. The molecule has 15 heavy (non-hydrogen) atoms. The maximum absolute atomic E-state index is 11.7. The summed E-state index contributed by atoms with van der Waals surface area (Å²) in [5.41, 5.74) is 1.96. The minimum Gasteiger partial charge on any atom is -0.377 e. The maximum atomic E-state index is 11.7. The van der Waals surface area contributed by atoms with Crippen LogP contribution in [0.2, 0.25) is 0 Å². The van der Waals surface area contributed by atoms with Gasteiger partial charge in [-0.25, -0.2) is 0 Å². The number of aromatic nitrogens is 1. The Labute approximate surface area is 88.6 Å². The highest BCUT2D eigenvalue weighted by Gasteiger charge is 2.06. The zero-order valence-electron chi connectivity index (χ0n) is 9.19. The highest BCUT2D eigenvalue weighted by Crippen LogP contribution is 2.22. The number of aryl methyl sites for hydroxylation is 1. The van der Waals surface area contributed by atoms with E-state index in [1.807, 2.05) is 43.3 Å². The lowest BCUT2D eigenvalue weighted by molar-refractivity contribution is 0.903. The molecule has 0 fully saturated rings. The molecule has 0 aliphatic rings. The number of hydrogen-bond acceptors (Lipinski definition) is 2. The van der Waals surface area contributed by atoms with Crippen LogP contribution in [0.1, 0.15) is 0 Å². The van der Waals surface area contributed by atoms with Crippen LogP contribution in [0.4, 0.5) is 5.69 Å². The van der Waals surface area contributed by atoms with Crippen molar-refractivity contribution in [2.45, 2.75) is 0 Å². The van der Waals surface area contributed by atoms with Crippen molar-refractivity contribution in [1.29, 1.82) is 0 Å². The van der Waals surface area contributed by atoms with Crippen LogP contribution < -0.4 is 10.5 Å². The Balaban J connectivity index is 2.95. The molecule has 78 valence electrons. The second-order valence-electron chi connectivity index (χ2n) is 3.84.